The van der Waals surface area contributed by atoms with Crippen molar-refractivity contribution in [3.63, 3.8) is 0 Å². The Kier molecular flexibility index (Phi) is 5.27. The number of furan rings is 1. The van der Waals surface area contributed by atoms with E-state index in [1.165, 1.54) is 66.1 Å². The van der Waals surface area contributed by atoms with E-state index >= 15 is 0 Å². The van der Waals surface area contributed by atoms with Crippen LogP contribution in [0.1, 0.15) is 22.3 Å². The molecule has 0 spiro atoms. The van der Waals surface area contributed by atoms with Crippen LogP contribution < -0.4 is 0 Å². The average molecular weight is 585 g/mol. The Labute approximate surface area is 267 Å². The summed E-state index contributed by atoms with van der Waals surface area (Å²) in [6, 6.07) is 62.2. The van der Waals surface area contributed by atoms with Crippen molar-refractivity contribution in [3.05, 3.63) is 192 Å². The second kappa shape index (κ2) is 9.54. The Bertz CT molecular complexity index is 2590. The zero-order valence-electron chi connectivity index (χ0n) is 25.1. The van der Waals surface area contributed by atoms with Gasteiger partial charge in [-0.2, -0.15) is 0 Å². The molecule has 0 bridgehead atoms. The highest BCUT2D eigenvalue weighted by Gasteiger charge is 2.48. The fourth-order valence-corrected chi connectivity index (χ4v) is 8.18. The highest BCUT2D eigenvalue weighted by Crippen LogP contribution is 2.60. The molecule has 1 aromatic heterocycles. The fourth-order valence-electron chi connectivity index (χ4n) is 8.18. The molecule has 10 rings (SSSR count). The summed E-state index contributed by atoms with van der Waals surface area (Å²) in [5, 5.41) is 7.23. The molecule has 1 heteroatoms. The summed E-state index contributed by atoms with van der Waals surface area (Å²) in [5.74, 6) is 0. The number of hydrogen-bond acceptors (Lipinski definition) is 1. The first-order chi connectivity index (χ1) is 22.8. The minimum atomic E-state index is -0.477. The van der Waals surface area contributed by atoms with E-state index in [9.17, 15) is 0 Å². The topological polar surface area (TPSA) is 13.1 Å². The van der Waals surface area contributed by atoms with Gasteiger partial charge in [0, 0.05) is 10.8 Å². The molecule has 0 amide bonds. The summed E-state index contributed by atoms with van der Waals surface area (Å²) in [5.41, 5.74) is 11.6. The molecule has 0 fully saturated rings. The van der Waals surface area contributed by atoms with Crippen LogP contribution in [0.25, 0.3) is 65.7 Å². The molecular formula is C45H28O. The number of rotatable bonds is 3. The zero-order chi connectivity index (χ0) is 30.2. The first kappa shape index (κ1) is 25.4. The number of hydrogen-bond donors (Lipinski definition) is 0. The third kappa shape index (κ3) is 3.40. The third-order valence-electron chi connectivity index (χ3n) is 10.1. The van der Waals surface area contributed by atoms with Gasteiger partial charge in [-0.05, 0) is 96.4 Å². The first-order valence-electron chi connectivity index (χ1n) is 15.9. The Morgan fingerprint density at radius 3 is 1.76 bits per heavy atom. The molecule has 0 saturated carbocycles. The monoisotopic (exact) mass is 584 g/mol. The van der Waals surface area contributed by atoms with Gasteiger partial charge in [0.2, 0.25) is 0 Å². The molecule has 0 N–H and O–H groups in total. The largest absolute Gasteiger partial charge is 0.456 e. The summed E-state index contributed by atoms with van der Waals surface area (Å²) in [6.07, 6.45) is 0. The van der Waals surface area contributed by atoms with Crippen molar-refractivity contribution in [1.29, 1.82) is 0 Å². The van der Waals surface area contributed by atoms with E-state index < -0.39 is 5.41 Å². The molecule has 8 aromatic carbocycles. The maximum absolute atomic E-state index is 6.42. The summed E-state index contributed by atoms with van der Waals surface area (Å²) < 4.78 is 6.42. The number of fused-ring (bicyclic) bond motifs is 9. The molecule has 46 heavy (non-hydrogen) atoms. The average Bonchev–Trinajstić information content (AvgIpc) is 3.64. The van der Waals surface area contributed by atoms with Crippen molar-refractivity contribution in [1.82, 2.24) is 0 Å². The van der Waals surface area contributed by atoms with Crippen LogP contribution in [0.15, 0.2) is 174 Å². The van der Waals surface area contributed by atoms with Crippen LogP contribution in [-0.2, 0) is 5.41 Å². The van der Waals surface area contributed by atoms with E-state index in [0.717, 1.165) is 21.9 Å². The van der Waals surface area contributed by atoms with Crippen molar-refractivity contribution in [3.8, 4) is 22.3 Å². The molecule has 214 valence electrons. The van der Waals surface area contributed by atoms with E-state index in [0.29, 0.717) is 0 Å². The molecule has 9 aromatic rings. The molecular weight excluding hydrogens is 556 g/mol. The van der Waals surface area contributed by atoms with Gasteiger partial charge >= 0.3 is 0 Å². The van der Waals surface area contributed by atoms with Crippen molar-refractivity contribution in [2.24, 2.45) is 0 Å². The molecule has 0 radical (unpaired) electrons. The SMILES string of the molecule is c1ccc(C2(c3ccccc3)c3ccccc3-c3c(-c4ccc5oc6cc7ccccc7cc6c5c4)cc4ccccc4c32)cc1. The Balaban J connectivity index is 1.35. The lowest BCUT2D eigenvalue weighted by Crippen LogP contribution is -2.28. The summed E-state index contributed by atoms with van der Waals surface area (Å²) in [4.78, 5) is 0. The van der Waals surface area contributed by atoms with Gasteiger partial charge in [-0.15, -0.1) is 0 Å². The Hall–Kier alpha value is -5.92. The minimum absolute atomic E-state index is 0.477. The molecule has 0 atom stereocenters. The van der Waals surface area contributed by atoms with Crippen LogP contribution in [0.2, 0.25) is 0 Å². The van der Waals surface area contributed by atoms with Gasteiger partial charge in [0.05, 0.1) is 5.41 Å². The molecule has 1 heterocycles. The van der Waals surface area contributed by atoms with Crippen LogP contribution >= 0.6 is 0 Å². The van der Waals surface area contributed by atoms with Crippen LogP contribution in [0.3, 0.4) is 0 Å². The Morgan fingerprint density at radius 2 is 1.00 bits per heavy atom. The number of benzene rings is 8. The smallest absolute Gasteiger partial charge is 0.136 e. The van der Waals surface area contributed by atoms with Crippen LogP contribution in [0.5, 0.6) is 0 Å². The van der Waals surface area contributed by atoms with E-state index in [1.807, 2.05) is 0 Å². The van der Waals surface area contributed by atoms with Crippen molar-refractivity contribution >= 4 is 43.5 Å². The fraction of sp³-hybridized carbons (Fsp3) is 0.0222. The van der Waals surface area contributed by atoms with Crippen molar-refractivity contribution in [2.45, 2.75) is 5.41 Å². The normalized spacial score (nSPS) is 13.4. The molecule has 1 nitrogen and oxygen atoms in total. The van der Waals surface area contributed by atoms with Gasteiger partial charge in [-0.1, -0.05) is 140 Å². The van der Waals surface area contributed by atoms with Gasteiger partial charge in [0.1, 0.15) is 11.2 Å². The van der Waals surface area contributed by atoms with E-state index in [1.54, 1.807) is 0 Å². The first-order valence-corrected chi connectivity index (χ1v) is 15.9. The zero-order valence-corrected chi connectivity index (χ0v) is 25.1. The van der Waals surface area contributed by atoms with E-state index in [2.05, 4.69) is 170 Å². The lowest BCUT2D eigenvalue weighted by Gasteiger charge is -2.35. The quantitative estimate of drug-likeness (QED) is 0.201. The second-order valence-corrected chi connectivity index (χ2v) is 12.4. The summed E-state index contributed by atoms with van der Waals surface area (Å²) in [7, 11) is 0. The highest BCUT2D eigenvalue weighted by atomic mass is 16.3. The van der Waals surface area contributed by atoms with E-state index in [-0.39, 0.29) is 0 Å². The standard InChI is InChI=1S/C45H28O/c1-3-16-33(17-4-1)45(34-18-5-2-6-19-34)40-22-12-11-21-36(40)43-37(26-31-15-9-10-20-35(31)44(43)45)32-23-24-41-38(27-32)39-25-29-13-7-8-14-30(29)28-42(39)46-41/h1-28H. The second-order valence-electron chi connectivity index (χ2n) is 12.4. The molecule has 1 aliphatic rings. The summed E-state index contributed by atoms with van der Waals surface area (Å²) in [6.45, 7) is 0. The van der Waals surface area contributed by atoms with Gasteiger partial charge in [-0.25, -0.2) is 0 Å². The van der Waals surface area contributed by atoms with Crippen molar-refractivity contribution < 1.29 is 4.42 Å². The van der Waals surface area contributed by atoms with Gasteiger partial charge < -0.3 is 4.42 Å². The molecule has 0 aliphatic heterocycles. The maximum atomic E-state index is 6.42. The predicted octanol–water partition coefficient (Wildman–Crippen LogP) is 11.9. The van der Waals surface area contributed by atoms with Gasteiger partial charge in [0.15, 0.2) is 0 Å². The summed E-state index contributed by atoms with van der Waals surface area (Å²) >= 11 is 0. The van der Waals surface area contributed by atoms with Gasteiger partial charge in [-0.3, -0.25) is 0 Å². The van der Waals surface area contributed by atoms with E-state index in [4.69, 9.17) is 4.42 Å². The maximum Gasteiger partial charge on any atom is 0.136 e. The minimum Gasteiger partial charge on any atom is -0.456 e. The highest BCUT2D eigenvalue weighted by molar-refractivity contribution is 6.12. The van der Waals surface area contributed by atoms with Crippen LogP contribution in [0, 0.1) is 0 Å². The molecule has 0 unspecified atom stereocenters. The molecule has 0 saturated heterocycles. The third-order valence-corrected chi connectivity index (χ3v) is 10.1. The van der Waals surface area contributed by atoms with Crippen LogP contribution in [-0.4, -0.2) is 0 Å². The lowest BCUT2D eigenvalue weighted by molar-refractivity contribution is 0.669. The Morgan fingerprint density at radius 1 is 0.391 bits per heavy atom. The molecule has 1 aliphatic carbocycles. The van der Waals surface area contributed by atoms with Crippen molar-refractivity contribution in [2.75, 3.05) is 0 Å². The van der Waals surface area contributed by atoms with Crippen LogP contribution in [0.4, 0.5) is 0 Å². The lowest BCUT2D eigenvalue weighted by atomic mass is 9.66. The van der Waals surface area contributed by atoms with Gasteiger partial charge in [0.25, 0.3) is 0 Å². The predicted molar refractivity (Wildman–Crippen MR) is 191 cm³/mol.